The highest BCUT2D eigenvalue weighted by Gasteiger charge is 2.18. The van der Waals surface area contributed by atoms with Gasteiger partial charge in [-0.1, -0.05) is 0 Å². The van der Waals surface area contributed by atoms with Crippen molar-refractivity contribution in [2.75, 3.05) is 14.1 Å². The summed E-state index contributed by atoms with van der Waals surface area (Å²) in [4.78, 5) is 13.1. The molecule has 19 heavy (non-hydrogen) atoms. The first kappa shape index (κ1) is 15.5. The third-order valence-electron chi connectivity index (χ3n) is 2.55. The molecule has 1 aromatic carbocycles. The van der Waals surface area contributed by atoms with E-state index >= 15 is 0 Å². The van der Waals surface area contributed by atoms with E-state index in [0.29, 0.717) is 11.3 Å². The first-order chi connectivity index (χ1) is 8.62. The van der Waals surface area contributed by atoms with Crippen molar-refractivity contribution in [3.05, 3.63) is 23.8 Å². The van der Waals surface area contributed by atoms with E-state index in [2.05, 4.69) is 0 Å². The predicted molar refractivity (Wildman–Crippen MR) is 71.3 cm³/mol. The van der Waals surface area contributed by atoms with Gasteiger partial charge in [0.05, 0.1) is 4.90 Å². The molecule has 0 saturated carbocycles. The largest absolute Gasteiger partial charge is 0.481 e. The van der Waals surface area contributed by atoms with Gasteiger partial charge in [-0.25, -0.2) is 13.6 Å². The number of benzene rings is 1. The van der Waals surface area contributed by atoms with Gasteiger partial charge in [-0.15, -0.1) is 0 Å². The number of rotatable bonds is 4. The molecule has 1 aromatic rings. The minimum atomic E-state index is -3.74. The molecule has 1 atom stereocenters. The molecule has 0 radical (unpaired) electrons. The summed E-state index contributed by atoms with van der Waals surface area (Å²) >= 11 is 0. The molecule has 106 valence electrons. The van der Waals surface area contributed by atoms with Crippen LogP contribution >= 0.6 is 0 Å². The number of amides is 1. The Morgan fingerprint density at radius 3 is 2.37 bits per heavy atom. The van der Waals surface area contributed by atoms with Crippen molar-refractivity contribution in [2.24, 2.45) is 5.14 Å². The lowest BCUT2D eigenvalue weighted by Gasteiger charge is -2.18. The zero-order chi connectivity index (χ0) is 14.8. The number of carbonyl (C=O) groups is 1. The van der Waals surface area contributed by atoms with Crippen molar-refractivity contribution in [2.45, 2.75) is 24.8 Å². The van der Waals surface area contributed by atoms with Crippen molar-refractivity contribution >= 4 is 15.9 Å². The monoisotopic (exact) mass is 286 g/mol. The Morgan fingerprint density at radius 2 is 1.95 bits per heavy atom. The normalized spacial score (nSPS) is 12.9. The molecule has 0 aliphatic carbocycles. The summed E-state index contributed by atoms with van der Waals surface area (Å²) < 4.78 is 28.0. The number of likely N-dealkylation sites (N-methyl/N-ethyl adjacent to an activating group) is 1. The lowest BCUT2D eigenvalue weighted by atomic mass is 10.2. The average Bonchev–Trinajstić information content (AvgIpc) is 2.25. The second-order valence-corrected chi connectivity index (χ2v) is 5.99. The number of ether oxygens (including phenoxy) is 1. The fourth-order valence-corrected chi connectivity index (χ4v) is 2.40. The number of nitrogens with zero attached hydrogens (tertiary/aromatic N) is 1. The Labute approximate surface area is 113 Å². The molecular formula is C12H18N2O4S. The maximum atomic E-state index is 11.6. The summed E-state index contributed by atoms with van der Waals surface area (Å²) in [6, 6.07) is 4.39. The Kier molecular flexibility index (Phi) is 4.54. The van der Waals surface area contributed by atoms with Crippen LogP contribution in [-0.2, 0) is 14.8 Å². The van der Waals surface area contributed by atoms with Gasteiger partial charge in [0.25, 0.3) is 5.91 Å². The van der Waals surface area contributed by atoms with Crippen LogP contribution in [0.4, 0.5) is 0 Å². The Balaban J connectivity index is 2.94. The van der Waals surface area contributed by atoms with Crippen LogP contribution in [0.15, 0.2) is 23.1 Å². The maximum absolute atomic E-state index is 11.6. The van der Waals surface area contributed by atoms with Crippen LogP contribution in [0.1, 0.15) is 12.5 Å². The van der Waals surface area contributed by atoms with Crippen LogP contribution in [-0.4, -0.2) is 39.4 Å². The molecule has 1 unspecified atom stereocenters. The van der Waals surface area contributed by atoms with E-state index < -0.39 is 16.1 Å². The lowest BCUT2D eigenvalue weighted by molar-refractivity contribution is -0.135. The van der Waals surface area contributed by atoms with E-state index in [1.54, 1.807) is 34.0 Å². The van der Waals surface area contributed by atoms with E-state index in [1.165, 1.54) is 17.0 Å². The number of hydrogen-bond acceptors (Lipinski definition) is 4. The topological polar surface area (TPSA) is 89.7 Å². The maximum Gasteiger partial charge on any atom is 0.262 e. The van der Waals surface area contributed by atoms with E-state index in [9.17, 15) is 13.2 Å². The molecule has 0 bridgehead atoms. The standard InChI is InChI=1S/C12H18N2O4S/c1-8-7-10(5-6-11(8)19(13,16)17)18-9(2)12(15)14(3)4/h5-7,9H,1-4H3,(H2,13,16,17). The second kappa shape index (κ2) is 5.58. The van der Waals surface area contributed by atoms with Gasteiger partial charge in [0.1, 0.15) is 5.75 Å². The van der Waals surface area contributed by atoms with E-state index in [4.69, 9.17) is 9.88 Å². The van der Waals surface area contributed by atoms with Crippen molar-refractivity contribution in [3.8, 4) is 5.75 Å². The van der Waals surface area contributed by atoms with Gasteiger partial charge in [0.2, 0.25) is 10.0 Å². The van der Waals surface area contributed by atoms with E-state index in [1.807, 2.05) is 0 Å². The highest BCUT2D eigenvalue weighted by molar-refractivity contribution is 7.89. The minimum Gasteiger partial charge on any atom is -0.481 e. The van der Waals surface area contributed by atoms with Gasteiger partial charge in [-0.2, -0.15) is 0 Å². The molecule has 0 spiro atoms. The van der Waals surface area contributed by atoms with Crippen molar-refractivity contribution < 1.29 is 17.9 Å². The van der Waals surface area contributed by atoms with Crippen LogP contribution in [0.25, 0.3) is 0 Å². The van der Waals surface area contributed by atoms with Gasteiger partial charge in [-0.3, -0.25) is 4.79 Å². The number of aryl methyl sites for hydroxylation is 1. The quantitative estimate of drug-likeness (QED) is 0.872. The molecule has 0 aliphatic heterocycles. The molecule has 1 amide bonds. The second-order valence-electron chi connectivity index (χ2n) is 4.47. The van der Waals surface area contributed by atoms with Crippen LogP contribution in [0.2, 0.25) is 0 Å². The van der Waals surface area contributed by atoms with Crippen molar-refractivity contribution in [1.82, 2.24) is 4.90 Å². The van der Waals surface area contributed by atoms with Crippen molar-refractivity contribution in [1.29, 1.82) is 0 Å². The lowest BCUT2D eigenvalue weighted by Crippen LogP contribution is -2.35. The zero-order valence-corrected chi connectivity index (χ0v) is 12.2. The third kappa shape index (κ3) is 3.93. The summed E-state index contributed by atoms with van der Waals surface area (Å²) in [7, 11) is -0.466. The van der Waals surface area contributed by atoms with Crippen LogP contribution in [0.5, 0.6) is 5.75 Å². The first-order valence-corrected chi connectivity index (χ1v) is 7.19. The highest BCUT2D eigenvalue weighted by atomic mass is 32.2. The summed E-state index contributed by atoms with van der Waals surface area (Å²) in [6.07, 6.45) is -0.644. The predicted octanol–water partition coefficient (Wildman–Crippen LogP) is 0.498. The highest BCUT2D eigenvalue weighted by Crippen LogP contribution is 2.21. The van der Waals surface area contributed by atoms with Gasteiger partial charge >= 0.3 is 0 Å². The summed E-state index contributed by atoms with van der Waals surface area (Å²) in [5.74, 6) is 0.251. The van der Waals surface area contributed by atoms with Crippen LogP contribution in [0, 0.1) is 6.92 Å². The smallest absolute Gasteiger partial charge is 0.262 e. The van der Waals surface area contributed by atoms with Gasteiger partial charge in [0.15, 0.2) is 6.10 Å². The SMILES string of the molecule is Cc1cc(OC(C)C(=O)N(C)C)ccc1S(N)(=O)=O. The summed E-state index contributed by atoms with van der Waals surface area (Å²) in [5.41, 5.74) is 0.476. The summed E-state index contributed by atoms with van der Waals surface area (Å²) in [5, 5.41) is 5.07. The first-order valence-electron chi connectivity index (χ1n) is 5.64. The van der Waals surface area contributed by atoms with Crippen molar-refractivity contribution in [3.63, 3.8) is 0 Å². The molecule has 2 N–H and O–H groups in total. The molecule has 7 heteroatoms. The number of sulfonamides is 1. The number of carbonyl (C=O) groups excluding carboxylic acids is 1. The Bertz CT molecular complexity index is 581. The fraction of sp³-hybridized carbons (Fsp3) is 0.417. The zero-order valence-electron chi connectivity index (χ0n) is 11.4. The van der Waals surface area contributed by atoms with E-state index in [-0.39, 0.29) is 10.8 Å². The number of primary sulfonamides is 1. The van der Waals surface area contributed by atoms with Gasteiger partial charge in [-0.05, 0) is 37.6 Å². The molecular weight excluding hydrogens is 268 g/mol. The Morgan fingerprint density at radius 1 is 1.37 bits per heavy atom. The van der Waals surface area contributed by atoms with E-state index in [0.717, 1.165) is 0 Å². The third-order valence-corrected chi connectivity index (χ3v) is 3.63. The molecule has 0 aliphatic rings. The molecule has 1 rings (SSSR count). The molecule has 0 fully saturated rings. The summed E-state index contributed by atoms with van der Waals surface area (Å²) in [6.45, 7) is 3.25. The molecule has 0 aromatic heterocycles. The van der Waals surface area contributed by atoms with Crippen LogP contribution < -0.4 is 9.88 Å². The van der Waals surface area contributed by atoms with Gasteiger partial charge in [0, 0.05) is 14.1 Å². The fourth-order valence-electron chi connectivity index (χ4n) is 1.63. The number of hydrogen-bond donors (Lipinski definition) is 1. The Hall–Kier alpha value is -1.60. The molecule has 6 nitrogen and oxygen atoms in total. The molecule has 0 heterocycles. The number of nitrogens with two attached hydrogens (primary N) is 1. The minimum absolute atomic E-state index is 0.0476. The molecule has 0 saturated heterocycles. The van der Waals surface area contributed by atoms with Crippen LogP contribution in [0.3, 0.4) is 0 Å². The van der Waals surface area contributed by atoms with Gasteiger partial charge < -0.3 is 9.64 Å². The average molecular weight is 286 g/mol.